The molecular weight excluding hydrogens is 190 g/mol. The zero-order valence-corrected chi connectivity index (χ0v) is 10.7. The van der Waals surface area contributed by atoms with Gasteiger partial charge in [-0.05, 0) is 26.7 Å². The average Bonchev–Trinajstić information content (AvgIpc) is 2.38. The van der Waals surface area contributed by atoms with Crippen molar-refractivity contribution >= 4 is 5.84 Å². The topological polar surface area (TPSA) is 39.1 Å². The van der Waals surface area contributed by atoms with Crippen LogP contribution in [0.1, 0.15) is 40.5 Å². The van der Waals surface area contributed by atoms with Crippen LogP contribution < -0.4 is 0 Å². The first-order valence-electron chi connectivity index (χ1n) is 5.58. The molecule has 0 radical (unpaired) electrons. The Kier molecular flexibility index (Phi) is 3.12. The molecule has 0 aromatic carbocycles. The van der Waals surface area contributed by atoms with Gasteiger partial charge in [0, 0.05) is 14.1 Å². The van der Waals surface area contributed by atoms with Crippen molar-refractivity contribution in [1.82, 2.24) is 9.96 Å². The van der Waals surface area contributed by atoms with Gasteiger partial charge in [0.2, 0.25) is 0 Å². The van der Waals surface area contributed by atoms with Crippen LogP contribution >= 0.6 is 0 Å². The van der Waals surface area contributed by atoms with Gasteiger partial charge >= 0.3 is 0 Å². The first kappa shape index (κ1) is 12.5. The highest BCUT2D eigenvalue weighted by Gasteiger charge is 2.51. The Morgan fingerprint density at radius 1 is 1.27 bits per heavy atom. The van der Waals surface area contributed by atoms with E-state index < -0.39 is 11.2 Å². The summed E-state index contributed by atoms with van der Waals surface area (Å²) in [6.07, 6.45) is 1.64. The maximum Gasteiger partial charge on any atom is 0.138 e. The number of amidine groups is 1. The Balaban J connectivity index is 3.17. The van der Waals surface area contributed by atoms with Crippen molar-refractivity contribution in [3.63, 3.8) is 0 Å². The molecule has 0 saturated heterocycles. The monoisotopic (exact) mass is 213 g/mol. The second-order valence-corrected chi connectivity index (χ2v) is 4.89. The quantitative estimate of drug-likeness (QED) is 0.762. The van der Waals surface area contributed by atoms with Gasteiger partial charge in [0.1, 0.15) is 17.0 Å². The summed E-state index contributed by atoms with van der Waals surface area (Å²) in [7, 11) is 3.94. The molecule has 0 atom stereocenters. The lowest BCUT2D eigenvalue weighted by Crippen LogP contribution is -2.54. The minimum atomic E-state index is -0.441. The average molecular weight is 213 g/mol. The molecule has 0 bridgehead atoms. The molecule has 1 rings (SSSR count). The van der Waals surface area contributed by atoms with Crippen molar-refractivity contribution in [1.29, 1.82) is 0 Å². The first-order chi connectivity index (χ1) is 6.81. The van der Waals surface area contributed by atoms with E-state index in [1.807, 2.05) is 32.8 Å². The number of hydrogen-bond acceptors (Lipinski definition) is 4. The fourth-order valence-electron chi connectivity index (χ4n) is 2.35. The normalized spacial score (nSPS) is 24.1. The van der Waals surface area contributed by atoms with E-state index in [0.717, 1.165) is 18.7 Å². The summed E-state index contributed by atoms with van der Waals surface area (Å²) < 4.78 is 0. The number of nitrogens with zero attached hydrogens (tertiary/aromatic N) is 3. The lowest BCUT2D eigenvalue weighted by atomic mass is 10.00. The number of hydrogen-bond donors (Lipinski definition) is 1. The predicted molar refractivity (Wildman–Crippen MR) is 62.1 cm³/mol. The summed E-state index contributed by atoms with van der Waals surface area (Å²) >= 11 is 0. The van der Waals surface area contributed by atoms with Crippen molar-refractivity contribution in [2.45, 2.75) is 51.7 Å². The van der Waals surface area contributed by atoms with E-state index in [2.05, 4.69) is 13.8 Å². The highest BCUT2D eigenvalue weighted by molar-refractivity contribution is 5.92. The molecule has 0 fully saturated rings. The fraction of sp³-hybridized carbons (Fsp3) is 0.909. The molecule has 0 unspecified atom stereocenters. The molecule has 0 aromatic heterocycles. The molecule has 1 aliphatic heterocycles. The summed E-state index contributed by atoms with van der Waals surface area (Å²) in [6.45, 7) is 8.12. The van der Waals surface area contributed by atoms with E-state index in [4.69, 9.17) is 4.99 Å². The van der Waals surface area contributed by atoms with Crippen LogP contribution in [-0.4, -0.2) is 46.3 Å². The fourth-order valence-corrected chi connectivity index (χ4v) is 2.35. The van der Waals surface area contributed by atoms with Gasteiger partial charge in [-0.25, -0.2) is 4.99 Å². The van der Waals surface area contributed by atoms with E-state index in [-0.39, 0.29) is 0 Å². The second-order valence-electron chi connectivity index (χ2n) is 4.89. The molecular formula is C11H23N3O. The third kappa shape index (κ3) is 1.66. The minimum absolute atomic E-state index is 0.407. The molecule has 4 heteroatoms. The zero-order chi connectivity index (χ0) is 11.9. The second kappa shape index (κ2) is 3.76. The third-order valence-corrected chi connectivity index (χ3v) is 3.34. The molecule has 0 spiro atoms. The Morgan fingerprint density at radius 2 is 1.73 bits per heavy atom. The van der Waals surface area contributed by atoms with Crippen molar-refractivity contribution in [2.75, 3.05) is 14.1 Å². The molecule has 0 saturated carbocycles. The molecule has 0 aliphatic carbocycles. The van der Waals surface area contributed by atoms with Crippen LogP contribution in [0, 0.1) is 0 Å². The van der Waals surface area contributed by atoms with E-state index in [1.54, 1.807) is 0 Å². The van der Waals surface area contributed by atoms with Crippen molar-refractivity contribution in [2.24, 2.45) is 4.99 Å². The maximum absolute atomic E-state index is 10.3. The van der Waals surface area contributed by atoms with Gasteiger partial charge < -0.3 is 10.1 Å². The highest BCUT2D eigenvalue weighted by atomic mass is 16.5. The number of likely N-dealkylation sites (N-methyl/N-ethyl adjacent to an activating group) is 1. The van der Waals surface area contributed by atoms with Crippen LogP contribution in [0.2, 0.25) is 0 Å². The lowest BCUT2D eigenvalue weighted by molar-refractivity contribution is -0.202. The van der Waals surface area contributed by atoms with Crippen molar-refractivity contribution in [3.05, 3.63) is 0 Å². The third-order valence-electron chi connectivity index (χ3n) is 3.34. The van der Waals surface area contributed by atoms with E-state index >= 15 is 0 Å². The Bertz CT molecular complexity index is 267. The van der Waals surface area contributed by atoms with Crippen LogP contribution in [-0.2, 0) is 0 Å². The predicted octanol–water partition coefficient (Wildman–Crippen LogP) is 1.95. The number of rotatable bonds is 2. The van der Waals surface area contributed by atoms with Gasteiger partial charge in [-0.3, -0.25) is 0 Å². The summed E-state index contributed by atoms with van der Waals surface area (Å²) in [6, 6.07) is 0. The van der Waals surface area contributed by atoms with Crippen molar-refractivity contribution in [3.8, 4) is 0 Å². The molecule has 4 nitrogen and oxygen atoms in total. The van der Waals surface area contributed by atoms with Gasteiger partial charge in [-0.2, -0.15) is 5.06 Å². The van der Waals surface area contributed by atoms with Gasteiger partial charge in [0.15, 0.2) is 0 Å². The van der Waals surface area contributed by atoms with Crippen molar-refractivity contribution < 1.29 is 5.21 Å². The largest absolute Gasteiger partial charge is 0.365 e. The first-order valence-corrected chi connectivity index (χ1v) is 5.58. The van der Waals surface area contributed by atoms with Gasteiger partial charge in [0.05, 0.1) is 0 Å². The summed E-state index contributed by atoms with van der Waals surface area (Å²) in [5, 5.41) is 11.7. The Morgan fingerprint density at radius 3 is 1.93 bits per heavy atom. The SMILES string of the molecule is CCC1(CC)N=C(N(C)C)C(C)(C)N1O. The minimum Gasteiger partial charge on any atom is -0.365 e. The van der Waals surface area contributed by atoms with Crippen LogP contribution in [0.25, 0.3) is 0 Å². The standard InChI is InChI=1S/C11H23N3O/c1-7-11(8-2)12-9(13(5)6)10(3,4)14(11)15/h15H,7-8H2,1-6H3. The molecule has 1 N–H and O–H groups in total. The van der Waals surface area contributed by atoms with Crippen LogP contribution in [0.3, 0.4) is 0 Å². The van der Waals surface area contributed by atoms with Gasteiger partial charge in [0.25, 0.3) is 0 Å². The van der Waals surface area contributed by atoms with Crippen LogP contribution in [0.5, 0.6) is 0 Å². The Hall–Kier alpha value is -0.610. The summed E-state index contributed by atoms with van der Waals surface area (Å²) in [5.74, 6) is 0.939. The molecule has 1 heterocycles. The van der Waals surface area contributed by atoms with E-state index in [9.17, 15) is 5.21 Å². The van der Waals surface area contributed by atoms with Crippen LogP contribution in [0.15, 0.2) is 4.99 Å². The van der Waals surface area contributed by atoms with E-state index in [1.165, 1.54) is 5.06 Å². The molecule has 88 valence electrons. The Labute approximate surface area is 92.5 Å². The van der Waals surface area contributed by atoms with E-state index in [0.29, 0.717) is 0 Å². The smallest absolute Gasteiger partial charge is 0.138 e. The maximum atomic E-state index is 10.3. The van der Waals surface area contributed by atoms with Crippen LogP contribution in [0.4, 0.5) is 0 Å². The molecule has 1 aliphatic rings. The molecule has 15 heavy (non-hydrogen) atoms. The number of aliphatic imine (C=N–C) groups is 1. The summed E-state index contributed by atoms with van der Waals surface area (Å²) in [4.78, 5) is 6.69. The van der Waals surface area contributed by atoms with Gasteiger partial charge in [-0.15, -0.1) is 0 Å². The lowest BCUT2D eigenvalue weighted by Gasteiger charge is -2.37. The molecule has 0 amide bonds. The summed E-state index contributed by atoms with van der Waals surface area (Å²) in [5.41, 5.74) is -0.849. The van der Waals surface area contributed by atoms with Gasteiger partial charge in [-0.1, -0.05) is 13.8 Å². The highest BCUT2D eigenvalue weighted by Crippen LogP contribution is 2.38. The zero-order valence-electron chi connectivity index (χ0n) is 10.7. The molecule has 0 aromatic rings. The number of hydroxylamine groups is 2.